The van der Waals surface area contributed by atoms with Gasteiger partial charge in [-0.05, 0) is 47.9 Å². The summed E-state index contributed by atoms with van der Waals surface area (Å²) in [4.78, 5) is 12.7. The molecule has 0 bridgehead atoms. The number of rotatable bonds is 6. The molecule has 0 aliphatic rings. The van der Waals surface area contributed by atoms with Gasteiger partial charge in [0.25, 0.3) is 5.91 Å². The van der Waals surface area contributed by atoms with E-state index in [1.807, 2.05) is 60.7 Å². The number of carbonyl (C=O) groups excluding carboxylic acids is 1. The number of furan rings is 1. The van der Waals surface area contributed by atoms with Crippen molar-refractivity contribution < 1.29 is 9.21 Å². The van der Waals surface area contributed by atoms with Gasteiger partial charge in [-0.1, -0.05) is 54.1 Å². The molecule has 0 spiro atoms. The van der Waals surface area contributed by atoms with E-state index in [1.165, 1.54) is 0 Å². The lowest BCUT2D eigenvalue weighted by molar-refractivity contribution is -0.115. The lowest BCUT2D eigenvalue weighted by atomic mass is 10.0. The zero-order valence-corrected chi connectivity index (χ0v) is 14.4. The fourth-order valence-corrected chi connectivity index (χ4v) is 2.61. The summed E-state index contributed by atoms with van der Waals surface area (Å²) in [6.07, 6.45) is 4.09. The van der Waals surface area contributed by atoms with Crippen LogP contribution in [0.15, 0.2) is 77.4 Å². The normalized spacial score (nSPS) is 11.3. The number of carbonyl (C=O) groups is 1. The predicted octanol–water partition coefficient (Wildman–Crippen LogP) is 4.83. The maximum absolute atomic E-state index is 12.7. The molecule has 4 heteroatoms. The maximum Gasteiger partial charge on any atom is 0.252 e. The van der Waals surface area contributed by atoms with Crippen molar-refractivity contribution >= 4 is 29.2 Å². The van der Waals surface area contributed by atoms with Crippen LogP contribution in [0.1, 0.15) is 16.9 Å². The third-order valence-corrected chi connectivity index (χ3v) is 4.02. The predicted molar refractivity (Wildman–Crippen MR) is 101 cm³/mol. The number of halogens is 1. The molecule has 3 nitrogen and oxygen atoms in total. The van der Waals surface area contributed by atoms with E-state index >= 15 is 0 Å². The minimum absolute atomic E-state index is 0.128. The van der Waals surface area contributed by atoms with E-state index in [4.69, 9.17) is 16.0 Å². The van der Waals surface area contributed by atoms with Crippen molar-refractivity contribution in [1.82, 2.24) is 5.32 Å². The molecule has 1 amide bonds. The molecule has 2 aromatic carbocycles. The number of hydrogen-bond acceptors (Lipinski definition) is 2. The first-order valence-corrected chi connectivity index (χ1v) is 8.43. The molecule has 126 valence electrons. The van der Waals surface area contributed by atoms with Gasteiger partial charge in [0, 0.05) is 11.6 Å². The summed E-state index contributed by atoms with van der Waals surface area (Å²) in [5.74, 6) is 0.517. The average molecular weight is 352 g/mol. The zero-order valence-electron chi connectivity index (χ0n) is 13.6. The first kappa shape index (κ1) is 17.1. The van der Waals surface area contributed by atoms with Gasteiger partial charge in [0.15, 0.2) is 0 Å². The Balaban J connectivity index is 1.70. The molecule has 1 heterocycles. The van der Waals surface area contributed by atoms with E-state index in [1.54, 1.807) is 18.4 Å². The van der Waals surface area contributed by atoms with Gasteiger partial charge >= 0.3 is 0 Å². The van der Waals surface area contributed by atoms with E-state index in [0.29, 0.717) is 22.9 Å². The highest BCUT2D eigenvalue weighted by molar-refractivity contribution is 6.30. The first-order chi connectivity index (χ1) is 12.2. The second-order valence-electron chi connectivity index (χ2n) is 5.57. The van der Waals surface area contributed by atoms with Gasteiger partial charge in [0.2, 0.25) is 0 Å². The Bertz CT molecular complexity index is 837. The minimum Gasteiger partial charge on any atom is -0.465 e. The van der Waals surface area contributed by atoms with Crippen LogP contribution in [-0.2, 0) is 11.2 Å². The third-order valence-electron chi connectivity index (χ3n) is 3.77. The van der Waals surface area contributed by atoms with Crippen LogP contribution in [0, 0.1) is 0 Å². The Morgan fingerprint density at radius 1 is 1.00 bits per heavy atom. The molecule has 1 N–H and O–H groups in total. The topological polar surface area (TPSA) is 42.2 Å². The van der Waals surface area contributed by atoms with Crippen molar-refractivity contribution in [1.29, 1.82) is 0 Å². The largest absolute Gasteiger partial charge is 0.465 e. The highest BCUT2D eigenvalue weighted by Gasteiger charge is 2.12. The minimum atomic E-state index is -0.128. The summed E-state index contributed by atoms with van der Waals surface area (Å²) in [5.41, 5.74) is 2.55. The molecule has 0 radical (unpaired) electrons. The quantitative estimate of drug-likeness (QED) is 0.646. The molecule has 0 fully saturated rings. The van der Waals surface area contributed by atoms with Crippen LogP contribution < -0.4 is 5.32 Å². The van der Waals surface area contributed by atoms with E-state index in [9.17, 15) is 4.79 Å². The molecular weight excluding hydrogens is 334 g/mol. The molecule has 0 saturated heterocycles. The lowest BCUT2D eigenvalue weighted by Gasteiger charge is -2.09. The van der Waals surface area contributed by atoms with Crippen molar-refractivity contribution in [3.05, 3.63) is 94.9 Å². The van der Waals surface area contributed by atoms with Gasteiger partial charge < -0.3 is 9.73 Å². The Morgan fingerprint density at radius 2 is 1.76 bits per heavy atom. The molecule has 0 unspecified atom stereocenters. The van der Waals surface area contributed by atoms with Gasteiger partial charge in [0.05, 0.1) is 11.8 Å². The molecule has 3 rings (SSSR count). The third kappa shape index (κ3) is 4.85. The van der Waals surface area contributed by atoms with Gasteiger partial charge in [-0.2, -0.15) is 0 Å². The van der Waals surface area contributed by atoms with E-state index in [2.05, 4.69) is 5.32 Å². The van der Waals surface area contributed by atoms with Crippen LogP contribution in [-0.4, -0.2) is 12.5 Å². The molecule has 0 atom stereocenters. The van der Waals surface area contributed by atoms with Gasteiger partial charge in [-0.15, -0.1) is 0 Å². The van der Waals surface area contributed by atoms with Crippen LogP contribution in [0.5, 0.6) is 0 Å². The SMILES string of the molecule is O=C(NCCc1ccc(Cl)cc1)/C(=C/c1ccco1)c1ccccc1. The van der Waals surface area contributed by atoms with E-state index < -0.39 is 0 Å². The van der Waals surface area contributed by atoms with E-state index in [0.717, 1.165) is 17.5 Å². The summed E-state index contributed by atoms with van der Waals surface area (Å²) in [6.45, 7) is 0.544. The van der Waals surface area contributed by atoms with Crippen molar-refractivity contribution in [3.8, 4) is 0 Å². The number of nitrogens with one attached hydrogen (secondary N) is 1. The van der Waals surface area contributed by atoms with Gasteiger partial charge in [-0.25, -0.2) is 0 Å². The molecule has 3 aromatic rings. The van der Waals surface area contributed by atoms with Gasteiger partial charge in [-0.3, -0.25) is 4.79 Å². The maximum atomic E-state index is 12.7. The molecule has 0 aliphatic carbocycles. The lowest BCUT2D eigenvalue weighted by Crippen LogP contribution is -2.26. The highest BCUT2D eigenvalue weighted by atomic mass is 35.5. The Kier molecular flexibility index (Phi) is 5.70. The Hall–Kier alpha value is -2.78. The van der Waals surface area contributed by atoms with Crippen molar-refractivity contribution in [2.24, 2.45) is 0 Å². The number of benzene rings is 2. The summed E-state index contributed by atoms with van der Waals surface area (Å²) in [5, 5.41) is 3.68. The zero-order chi connectivity index (χ0) is 17.5. The number of hydrogen-bond donors (Lipinski definition) is 1. The Morgan fingerprint density at radius 3 is 2.44 bits per heavy atom. The second kappa shape index (κ2) is 8.36. The summed E-state index contributed by atoms with van der Waals surface area (Å²) in [6, 6.07) is 20.8. The fourth-order valence-electron chi connectivity index (χ4n) is 2.48. The molecule has 1 aromatic heterocycles. The second-order valence-corrected chi connectivity index (χ2v) is 6.01. The Labute approximate surface area is 151 Å². The smallest absolute Gasteiger partial charge is 0.252 e. The van der Waals surface area contributed by atoms with Crippen molar-refractivity contribution in [3.63, 3.8) is 0 Å². The van der Waals surface area contributed by atoms with Crippen LogP contribution >= 0.6 is 11.6 Å². The van der Waals surface area contributed by atoms with Gasteiger partial charge in [0.1, 0.15) is 5.76 Å². The molecular formula is C21H18ClNO2. The van der Waals surface area contributed by atoms with Crippen LogP contribution in [0.4, 0.5) is 0 Å². The van der Waals surface area contributed by atoms with Crippen LogP contribution in [0.3, 0.4) is 0 Å². The molecule has 0 saturated carbocycles. The van der Waals surface area contributed by atoms with Crippen molar-refractivity contribution in [2.45, 2.75) is 6.42 Å². The standard InChI is InChI=1S/C21H18ClNO2/c22-18-10-8-16(9-11-18)12-13-23-21(24)20(15-19-7-4-14-25-19)17-5-2-1-3-6-17/h1-11,14-15H,12-13H2,(H,23,24)/b20-15+. The number of amides is 1. The van der Waals surface area contributed by atoms with Crippen LogP contribution in [0.25, 0.3) is 11.6 Å². The first-order valence-electron chi connectivity index (χ1n) is 8.05. The summed E-state index contributed by atoms with van der Waals surface area (Å²) in [7, 11) is 0. The fraction of sp³-hybridized carbons (Fsp3) is 0.0952. The monoisotopic (exact) mass is 351 g/mol. The van der Waals surface area contributed by atoms with Crippen molar-refractivity contribution in [2.75, 3.05) is 6.54 Å². The highest BCUT2D eigenvalue weighted by Crippen LogP contribution is 2.19. The summed E-state index contributed by atoms with van der Waals surface area (Å²) >= 11 is 5.89. The van der Waals surface area contributed by atoms with Crippen LogP contribution in [0.2, 0.25) is 5.02 Å². The molecule has 0 aliphatic heterocycles. The average Bonchev–Trinajstić information content (AvgIpc) is 3.15. The molecule has 25 heavy (non-hydrogen) atoms. The van der Waals surface area contributed by atoms with E-state index in [-0.39, 0.29) is 5.91 Å². The summed E-state index contributed by atoms with van der Waals surface area (Å²) < 4.78 is 5.35.